The molecule has 0 radical (unpaired) electrons. The van der Waals surface area contributed by atoms with Gasteiger partial charge in [-0.1, -0.05) is 84.5 Å². The molecule has 0 heteroatoms. The van der Waals surface area contributed by atoms with Gasteiger partial charge < -0.3 is 0 Å². The third-order valence-electron chi connectivity index (χ3n) is 3.85. The van der Waals surface area contributed by atoms with Crippen molar-refractivity contribution in [1.82, 2.24) is 0 Å². The van der Waals surface area contributed by atoms with Crippen molar-refractivity contribution in [2.75, 3.05) is 0 Å². The van der Waals surface area contributed by atoms with Gasteiger partial charge in [0.2, 0.25) is 0 Å². The molecule has 0 atom stereocenters. The minimum atomic E-state index is 0. The van der Waals surface area contributed by atoms with Gasteiger partial charge >= 0.3 is 0 Å². The van der Waals surface area contributed by atoms with E-state index in [0.29, 0.717) is 0 Å². The minimum Gasteiger partial charge on any atom is -0.0958 e. The molecule has 1 rings (SSSR count). The van der Waals surface area contributed by atoms with E-state index in [9.17, 15) is 0 Å². The zero-order valence-corrected chi connectivity index (χ0v) is 16.1. The Morgan fingerprint density at radius 3 is 1.74 bits per heavy atom. The standard InChI is InChI=1S/C20H28.C2H6.CH4/c1-13(2)15(5)19(14(3)4)17-11-10-12-18(16(17)6)20(7,8)9;1-2;/h10-12H,1,3H2,2,4-9H3;1-2H3;1H4/b19-15-;;. The Morgan fingerprint density at radius 1 is 0.913 bits per heavy atom. The first-order valence-electron chi connectivity index (χ1n) is 8.20. The Hall–Kier alpha value is -1.56. The van der Waals surface area contributed by atoms with E-state index >= 15 is 0 Å². The predicted molar refractivity (Wildman–Crippen MR) is 110 cm³/mol. The van der Waals surface area contributed by atoms with E-state index in [1.165, 1.54) is 27.8 Å². The fraction of sp³-hybridized carbons (Fsp3) is 0.478. The maximum Gasteiger partial charge on any atom is -0.0126 e. The van der Waals surface area contributed by atoms with Crippen LogP contribution in [0.15, 0.2) is 48.1 Å². The molecule has 1 aromatic rings. The molecule has 0 spiro atoms. The highest BCUT2D eigenvalue weighted by atomic mass is 14.2. The third-order valence-corrected chi connectivity index (χ3v) is 3.85. The molecule has 1 aromatic carbocycles. The van der Waals surface area contributed by atoms with Gasteiger partial charge in [-0.15, -0.1) is 0 Å². The largest absolute Gasteiger partial charge is 0.0958 e. The molecule has 0 heterocycles. The fourth-order valence-electron chi connectivity index (χ4n) is 2.68. The van der Waals surface area contributed by atoms with Gasteiger partial charge in [0.15, 0.2) is 0 Å². The molecule has 0 aliphatic rings. The summed E-state index contributed by atoms with van der Waals surface area (Å²) in [7, 11) is 0. The number of benzene rings is 1. The number of rotatable bonds is 3. The Bertz CT molecular complexity index is 575. The van der Waals surface area contributed by atoms with Gasteiger partial charge in [-0.3, -0.25) is 0 Å². The zero-order chi connectivity index (χ0) is 17.7. The molecular formula is C23H38. The lowest BCUT2D eigenvalue weighted by Gasteiger charge is -2.25. The maximum absolute atomic E-state index is 4.17. The summed E-state index contributed by atoms with van der Waals surface area (Å²) < 4.78 is 0. The van der Waals surface area contributed by atoms with Crippen LogP contribution < -0.4 is 0 Å². The van der Waals surface area contributed by atoms with E-state index in [0.717, 1.165) is 11.1 Å². The molecule has 0 N–H and O–H groups in total. The molecule has 0 fully saturated rings. The summed E-state index contributed by atoms with van der Waals surface area (Å²) in [6.07, 6.45) is 0. The second-order valence-corrected chi connectivity index (χ2v) is 6.79. The summed E-state index contributed by atoms with van der Waals surface area (Å²) in [5.74, 6) is 0. The molecule has 23 heavy (non-hydrogen) atoms. The molecule has 0 bridgehead atoms. The first-order chi connectivity index (χ1) is 10.1. The van der Waals surface area contributed by atoms with E-state index < -0.39 is 0 Å². The normalized spacial score (nSPS) is 11.5. The number of allylic oxidation sites excluding steroid dienone is 4. The van der Waals surface area contributed by atoms with Crippen LogP contribution in [0.2, 0.25) is 0 Å². The maximum atomic E-state index is 4.17. The molecule has 0 aromatic heterocycles. The smallest absolute Gasteiger partial charge is 0.0126 e. The van der Waals surface area contributed by atoms with Crippen molar-refractivity contribution in [1.29, 1.82) is 0 Å². The quantitative estimate of drug-likeness (QED) is 0.498. The van der Waals surface area contributed by atoms with Crippen LogP contribution in [0, 0.1) is 6.92 Å². The molecular weight excluding hydrogens is 276 g/mol. The lowest BCUT2D eigenvalue weighted by atomic mass is 9.80. The van der Waals surface area contributed by atoms with Gasteiger partial charge in [0, 0.05) is 0 Å². The van der Waals surface area contributed by atoms with Gasteiger partial charge in [-0.25, -0.2) is 0 Å². The molecule has 0 nitrogen and oxygen atoms in total. The summed E-state index contributed by atoms with van der Waals surface area (Å²) in [5, 5.41) is 0. The first kappa shape index (κ1) is 23.7. The zero-order valence-electron chi connectivity index (χ0n) is 16.1. The van der Waals surface area contributed by atoms with E-state index in [4.69, 9.17) is 0 Å². The van der Waals surface area contributed by atoms with Crippen molar-refractivity contribution < 1.29 is 0 Å². The molecule has 130 valence electrons. The molecule has 0 unspecified atom stereocenters. The summed E-state index contributed by atoms with van der Waals surface area (Å²) in [5.41, 5.74) is 8.83. The Balaban J connectivity index is 0. The van der Waals surface area contributed by atoms with Crippen LogP contribution in [0.4, 0.5) is 0 Å². The highest BCUT2D eigenvalue weighted by Crippen LogP contribution is 2.35. The highest BCUT2D eigenvalue weighted by Gasteiger charge is 2.19. The Kier molecular flexibility index (Phi) is 9.84. The van der Waals surface area contributed by atoms with Crippen LogP contribution in [0.25, 0.3) is 5.57 Å². The van der Waals surface area contributed by atoms with Crippen LogP contribution in [-0.2, 0) is 5.41 Å². The van der Waals surface area contributed by atoms with E-state index in [1.807, 2.05) is 13.8 Å². The monoisotopic (exact) mass is 314 g/mol. The van der Waals surface area contributed by atoms with Crippen molar-refractivity contribution in [2.45, 2.75) is 75.2 Å². The van der Waals surface area contributed by atoms with Crippen LogP contribution in [0.5, 0.6) is 0 Å². The van der Waals surface area contributed by atoms with Gasteiger partial charge in [-0.05, 0) is 60.9 Å². The number of hydrogen-bond donors (Lipinski definition) is 0. The summed E-state index contributed by atoms with van der Waals surface area (Å²) in [4.78, 5) is 0. The number of hydrogen-bond acceptors (Lipinski definition) is 0. The van der Waals surface area contributed by atoms with Crippen molar-refractivity contribution in [3.63, 3.8) is 0 Å². The van der Waals surface area contributed by atoms with Crippen LogP contribution in [0.1, 0.15) is 79.5 Å². The second kappa shape index (κ2) is 9.55. The van der Waals surface area contributed by atoms with Gasteiger partial charge in [0.1, 0.15) is 0 Å². The van der Waals surface area contributed by atoms with Crippen LogP contribution >= 0.6 is 0 Å². The lowest BCUT2D eigenvalue weighted by Crippen LogP contribution is -2.14. The van der Waals surface area contributed by atoms with Crippen molar-refractivity contribution in [3.8, 4) is 0 Å². The third kappa shape index (κ3) is 5.86. The summed E-state index contributed by atoms with van der Waals surface area (Å²) in [6, 6.07) is 6.57. The van der Waals surface area contributed by atoms with Crippen LogP contribution in [-0.4, -0.2) is 0 Å². The highest BCUT2D eigenvalue weighted by molar-refractivity contribution is 5.84. The van der Waals surface area contributed by atoms with Crippen molar-refractivity contribution in [3.05, 3.63) is 64.8 Å². The molecule has 0 amide bonds. The minimum absolute atomic E-state index is 0. The molecule has 0 aliphatic heterocycles. The van der Waals surface area contributed by atoms with Crippen molar-refractivity contribution in [2.24, 2.45) is 0 Å². The average molecular weight is 315 g/mol. The second-order valence-electron chi connectivity index (χ2n) is 6.79. The van der Waals surface area contributed by atoms with E-state index in [1.54, 1.807) is 0 Å². The average Bonchev–Trinajstić information content (AvgIpc) is 2.41. The molecule has 0 saturated carbocycles. The topological polar surface area (TPSA) is 0 Å². The fourth-order valence-corrected chi connectivity index (χ4v) is 2.68. The molecule has 0 saturated heterocycles. The SMILES string of the molecule is C.C=C(C)/C(C)=C(/C(=C)C)c1cccc(C(C)(C)C)c1C.CC. The Morgan fingerprint density at radius 2 is 1.39 bits per heavy atom. The molecule has 0 aliphatic carbocycles. The summed E-state index contributed by atoms with van der Waals surface area (Å²) in [6.45, 7) is 27.5. The van der Waals surface area contributed by atoms with E-state index in [-0.39, 0.29) is 12.8 Å². The lowest BCUT2D eigenvalue weighted by molar-refractivity contribution is 0.586. The van der Waals surface area contributed by atoms with Gasteiger partial charge in [-0.2, -0.15) is 0 Å². The van der Waals surface area contributed by atoms with Gasteiger partial charge in [0.05, 0.1) is 0 Å². The van der Waals surface area contributed by atoms with Crippen LogP contribution in [0.3, 0.4) is 0 Å². The first-order valence-corrected chi connectivity index (χ1v) is 8.20. The predicted octanol–water partition coefficient (Wildman–Crippen LogP) is 7.88. The van der Waals surface area contributed by atoms with E-state index in [2.05, 4.69) is 79.8 Å². The van der Waals surface area contributed by atoms with Gasteiger partial charge in [0.25, 0.3) is 0 Å². The van der Waals surface area contributed by atoms with Crippen molar-refractivity contribution >= 4 is 5.57 Å². The summed E-state index contributed by atoms with van der Waals surface area (Å²) >= 11 is 0. The Labute approximate surface area is 146 Å².